The number of carbonyl (C=O) groups is 2. The molecule has 3 rings (SSSR count). The molecule has 116 valence electrons. The Morgan fingerprint density at radius 1 is 0.864 bits per heavy atom. The standard InChI is InChI=1S/C16H18N2O4/c19-15(13-4-2-1-3-5-13)17-6-8-18(9-7-17)16(20)14-12-21-10-11-22-14/h1-5,12H,6-11H2. The summed E-state index contributed by atoms with van der Waals surface area (Å²) in [6.45, 7) is 2.90. The van der Waals surface area contributed by atoms with E-state index in [0.717, 1.165) is 0 Å². The van der Waals surface area contributed by atoms with Crippen LogP contribution in [0.4, 0.5) is 0 Å². The lowest BCUT2D eigenvalue weighted by atomic mass is 10.2. The number of hydrogen-bond acceptors (Lipinski definition) is 4. The maximum Gasteiger partial charge on any atom is 0.292 e. The van der Waals surface area contributed by atoms with Crippen molar-refractivity contribution < 1.29 is 19.1 Å². The minimum atomic E-state index is -0.175. The molecule has 6 nitrogen and oxygen atoms in total. The number of rotatable bonds is 2. The summed E-state index contributed by atoms with van der Waals surface area (Å²) in [6.07, 6.45) is 1.37. The van der Waals surface area contributed by atoms with E-state index in [0.29, 0.717) is 45.0 Å². The predicted octanol–water partition coefficient (Wildman–Crippen LogP) is 0.859. The zero-order chi connectivity index (χ0) is 15.4. The lowest BCUT2D eigenvalue weighted by molar-refractivity contribution is -0.133. The third-order valence-electron chi connectivity index (χ3n) is 3.73. The second kappa shape index (κ2) is 6.51. The molecular weight excluding hydrogens is 284 g/mol. The van der Waals surface area contributed by atoms with E-state index in [2.05, 4.69) is 0 Å². The van der Waals surface area contributed by atoms with Crippen LogP contribution in [0.3, 0.4) is 0 Å². The average Bonchev–Trinajstić information content (AvgIpc) is 2.62. The molecule has 2 amide bonds. The molecule has 0 atom stereocenters. The lowest BCUT2D eigenvalue weighted by Gasteiger charge is -2.35. The first-order valence-electron chi connectivity index (χ1n) is 7.34. The molecule has 22 heavy (non-hydrogen) atoms. The summed E-state index contributed by atoms with van der Waals surface area (Å²) in [5.74, 6) is 0.0739. The Bertz CT molecular complexity index is 577. The van der Waals surface area contributed by atoms with Gasteiger partial charge in [0, 0.05) is 31.7 Å². The van der Waals surface area contributed by atoms with Crippen LogP contribution in [0.15, 0.2) is 42.4 Å². The van der Waals surface area contributed by atoms with E-state index in [1.165, 1.54) is 6.26 Å². The summed E-state index contributed by atoms with van der Waals surface area (Å²) in [5.41, 5.74) is 0.675. The largest absolute Gasteiger partial charge is 0.494 e. The van der Waals surface area contributed by atoms with Crippen LogP contribution in [0.2, 0.25) is 0 Å². The number of ether oxygens (including phenoxy) is 2. The van der Waals surface area contributed by atoms with Crippen molar-refractivity contribution in [1.82, 2.24) is 9.80 Å². The molecule has 1 fully saturated rings. The number of piperazine rings is 1. The van der Waals surface area contributed by atoms with Gasteiger partial charge in [-0.15, -0.1) is 0 Å². The Balaban J connectivity index is 1.57. The van der Waals surface area contributed by atoms with E-state index >= 15 is 0 Å². The molecule has 1 aromatic rings. The molecule has 0 bridgehead atoms. The normalized spacial score (nSPS) is 18.1. The molecule has 2 aliphatic rings. The molecule has 0 aromatic heterocycles. The van der Waals surface area contributed by atoms with Crippen LogP contribution in [-0.4, -0.2) is 61.0 Å². The van der Waals surface area contributed by atoms with Crippen LogP contribution in [0.25, 0.3) is 0 Å². The minimum absolute atomic E-state index is 0.00386. The smallest absolute Gasteiger partial charge is 0.292 e. The minimum Gasteiger partial charge on any atom is -0.494 e. The first-order chi connectivity index (χ1) is 10.8. The van der Waals surface area contributed by atoms with Crippen molar-refractivity contribution in [2.75, 3.05) is 39.4 Å². The first kappa shape index (κ1) is 14.4. The van der Waals surface area contributed by atoms with E-state index in [-0.39, 0.29) is 17.6 Å². The summed E-state index contributed by atoms with van der Waals surface area (Å²) < 4.78 is 10.4. The van der Waals surface area contributed by atoms with E-state index in [9.17, 15) is 9.59 Å². The van der Waals surface area contributed by atoms with Crippen molar-refractivity contribution in [3.8, 4) is 0 Å². The van der Waals surface area contributed by atoms with E-state index in [1.807, 2.05) is 18.2 Å². The van der Waals surface area contributed by atoms with Gasteiger partial charge in [-0.2, -0.15) is 0 Å². The Morgan fingerprint density at radius 2 is 1.50 bits per heavy atom. The van der Waals surface area contributed by atoms with Crippen molar-refractivity contribution >= 4 is 11.8 Å². The van der Waals surface area contributed by atoms with Crippen LogP contribution in [0.1, 0.15) is 10.4 Å². The number of benzene rings is 1. The maximum absolute atomic E-state index is 12.3. The highest BCUT2D eigenvalue weighted by Crippen LogP contribution is 2.13. The maximum atomic E-state index is 12.3. The van der Waals surface area contributed by atoms with E-state index < -0.39 is 0 Å². The highest BCUT2D eigenvalue weighted by molar-refractivity contribution is 5.95. The van der Waals surface area contributed by atoms with Crippen LogP contribution in [-0.2, 0) is 14.3 Å². The van der Waals surface area contributed by atoms with Crippen molar-refractivity contribution in [3.05, 3.63) is 47.9 Å². The van der Waals surface area contributed by atoms with Crippen molar-refractivity contribution in [2.24, 2.45) is 0 Å². The lowest BCUT2D eigenvalue weighted by Crippen LogP contribution is -2.51. The van der Waals surface area contributed by atoms with Gasteiger partial charge in [-0.25, -0.2) is 0 Å². The van der Waals surface area contributed by atoms with Crippen LogP contribution < -0.4 is 0 Å². The first-order valence-corrected chi connectivity index (χ1v) is 7.34. The molecule has 0 aliphatic carbocycles. The fourth-order valence-corrected chi connectivity index (χ4v) is 2.51. The second-order valence-electron chi connectivity index (χ2n) is 5.15. The highest BCUT2D eigenvalue weighted by atomic mass is 16.6. The molecule has 1 saturated heterocycles. The van der Waals surface area contributed by atoms with Gasteiger partial charge in [0.05, 0.1) is 0 Å². The molecule has 2 aliphatic heterocycles. The average molecular weight is 302 g/mol. The molecule has 0 spiro atoms. The summed E-state index contributed by atoms with van der Waals surface area (Å²) in [7, 11) is 0. The predicted molar refractivity (Wildman–Crippen MR) is 78.9 cm³/mol. The van der Waals surface area contributed by atoms with Gasteiger partial charge in [-0.1, -0.05) is 18.2 Å². The van der Waals surface area contributed by atoms with Gasteiger partial charge in [0.2, 0.25) is 5.76 Å². The van der Waals surface area contributed by atoms with Crippen LogP contribution >= 0.6 is 0 Å². The van der Waals surface area contributed by atoms with Crippen LogP contribution in [0.5, 0.6) is 0 Å². The number of hydrogen-bond donors (Lipinski definition) is 0. The molecule has 2 heterocycles. The molecule has 6 heteroatoms. The zero-order valence-corrected chi connectivity index (χ0v) is 12.2. The number of amides is 2. The van der Waals surface area contributed by atoms with Gasteiger partial charge in [0.15, 0.2) is 0 Å². The topological polar surface area (TPSA) is 59.1 Å². The summed E-state index contributed by atoms with van der Waals surface area (Å²) >= 11 is 0. The Morgan fingerprint density at radius 3 is 2.09 bits per heavy atom. The van der Waals surface area contributed by atoms with Gasteiger partial charge in [-0.05, 0) is 12.1 Å². The third kappa shape index (κ3) is 3.05. The van der Waals surface area contributed by atoms with E-state index in [1.54, 1.807) is 21.9 Å². The quantitative estimate of drug-likeness (QED) is 0.813. The van der Waals surface area contributed by atoms with Gasteiger partial charge >= 0.3 is 0 Å². The van der Waals surface area contributed by atoms with Crippen molar-refractivity contribution in [2.45, 2.75) is 0 Å². The zero-order valence-electron chi connectivity index (χ0n) is 12.2. The monoisotopic (exact) mass is 302 g/mol. The third-order valence-corrected chi connectivity index (χ3v) is 3.73. The van der Waals surface area contributed by atoms with Gasteiger partial charge in [-0.3, -0.25) is 9.59 Å². The van der Waals surface area contributed by atoms with Gasteiger partial charge < -0.3 is 19.3 Å². The molecule has 0 unspecified atom stereocenters. The van der Waals surface area contributed by atoms with Crippen LogP contribution in [0, 0.1) is 0 Å². The van der Waals surface area contributed by atoms with Crippen molar-refractivity contribution in [1.29, 1.82) is 0 Å². The van der Waals surface area contributed by atoms with Crippen molar-refractivity contribution in [3.63, 3.8) is 0 Å². The molecule has 1 aromatic carbocycles. The fraction of sp³-hybridized carbons (Fsp3) is 0.375. The Hall–Kier alpha value is -2.50. The highest BCUT2D eigenvalue weighted by Gasteiger charge is 2.28. The summed E-state index contributed by atoms with van der Waals surface area (Å²) in [6, 6.07) is 9.18. The molecule has 0 saturated carbocycles. The SMILES string of the molecule is O=C(C1=COCCO1)N1CCN(C(=O)c2ccccc2)CC1. The molecule has 0 radical (unpaired) electrons. The second-order valence-corrected chi connectivity index (χ2v) is 5.15. The summed E-state index contributed by atoms with van der Waals surface area (Å²) in [4.78, 5) is 28.1. The van der Waals surface area contributed by atoms with Gasteiger partial charge in [0.25, 0.3) is 11.8 Å². The van der Waals surface area contributed by atoms with Gasteiger partial charge in [0.1, 0.15) is 19.5 Å². The molecular formula is C16H18N2O4. The molecule has 0 N–H and O–H groups in total. The fourth-order valence-electron chi connectivity index (χ4n) is 2.51. The Labute approximate surface area is 128 Å². The number of nitrogens with zero attached hydrogens (tertiary/aromatic N) is 2. The number of carbonyl (C=O) groups excluding carboxylic acids is 2. The Kier molecular flexibility index (Phi) is 4.27. The summed E-state index contributed by atoms with van der Waals surface area (Å²) in [5, 5.41) is 0. The van der Waals surface area contributed by atoms with E-state index in [4.69, 9.17) is 9.47 Å².